The molecule has 1 aromatic heterocycles. The summed E-state index contributed by atoms with van der Waals surface area (Å²) in [6.45, 7) is 0. The number of anilines is 6. The molecular formula is C63H42N2O. The van der Waals surface area contributed by atoms with E-state index in [1.165, 1.54) is 55.6 Å². The maximum absolute atomic E-state index is 7.27. The molecule has 1 heterocycles. The summed E-state index contributed by atoms with van der Waals surface area (Å²) in [5.41, 5.74) is 19.8. The summed E-state index contributed by atoms with van der Waals surface area (Å²) in [6.07, 6.45) is 0. The number of benzene rings is 10. The predicted octanol–water partition coefficient (Wildman–Crippen LogP) is 17.0. The lowest BCUT2D eigenvalue weighted by Crippen LogP contribution is -2.26. The average molecular weight is 843 g/mol. The van der Waals surface area contributed by atoms with Gasteiger partial charge >= 0.3 is 0 Å². The highest BCUT2D eigenvalue weighted by Gasteiger charge is 2.55. The van der Waals surface area contributed by atoms with Gasteiger partial charge in [0.1, 0.15) is 16.8 Å². The Labute approximate surface area is 384 Å². The van der Waals surface area contributed by atoms with Crippen molar-refractivity contribution in [3.8, 4) is 44.5 Å². The second-order valence-electron chi connectivity index (χ2n) is 17.2. The van der Waals surface area contributed by atoms with E-state index in [1.54, 1.807) is 0 Å². The lowest BCUT2D eigenvalue weighted by atomic mass is 9.73. The van der Waals surface area contributed by atoms with E-state index in [-0.39, 0.29) is 0 Å². The minimum Gasteiger partial charge on any atom is -0.459 e. The number of fused-ring (bicyclic) bond motifs is 12. The summed E-state index contributed by atoms with van der Waals surface area (Å²) in [5, 5.41) is 1.13. The van der Waals surface area contributed by atoms with Gasteiger partial charge in [0.05, 0.1) is 0 Å². The average Bonchev–Trinajstić information content (AvgIpc) is 4.01. The third-order valence-corrected chi connectivity index (χ3v) is 13.7. The second-order valence-corrected chi connectivity index (χ2v) is 17.2. The largest absolute Gasteiger partial charge is 0.459 e. The molecule has 13 rings (SSSR count). The molecule has 0 bridgehead atoms. The van der Waals surface area contributed by atoms with Crippen LogP contribution in [0.3, 0.4) is 0 Å². The van der Waals surface area contributed by atoms with Crippen LogP contribution in [0.5, 0.6) is 0 Å². The molecule has 0 amide bonds. The Kier molecular flexibility index (Phi) is 8.75. The molecule has 0 saturated carbocycles. The first-order valence-corrected chi connectivity index (χ1v) is 22.7. The van der Waals surface area contributed by atoms with Crippen LogP contribution in [-0.2, 0) is 5.41 Å². The first-order chi connectivity index (χ1) is 32.7. The standard InChI is InChI=1S/C63H42N2O/c1-5-17-43(18-6-1)45-29-33-49(34-30-45)64(47-21-9-3-10-22-47)51-37-39-54-53-25-13-15-27-57(53)63(58(54)41-51)59-42-52(38-40-55(59)61-56-26-14-16-28-60(56)66-62(61)63)65(48-23-11-4-12-24-48)50-35-31-46(32-36-50)44-19-7-2-8-20-44/h1-42H. The van der Waals surface area contributed by atoms with E-state index in [1.807, 2.05) is 0 Å². The maximum Gasteiger partial charge on any atom is 0.135 e. The highest BCUT2D eigenvalue weighted by atomic mass is 16.3. The van der Waals surface area contributed by atoms with E-state index < -0.39 is 5.41 Å². The Hall–Kier alpha value is -8.66. The van der Waals surface area contributed by atoms with Crippen LogP contribution in [0.15, 0.2) is 259 Å². The fourth-order valence-corrected chi connectivity index (χ4v) is 10.8. The minimum atomic E-state index is -0.749. The van der Waals surface area contributed by atoms with Gasteiger partial charge in [0.25, 0.3) is 0 Å². The first kappa shape index (κ1) is 37.9. The van der Waals surface area contributed by atoms with Crippen molar-refractivity contribution in [3.05, 3.63) is 277 Å². The van der Waals surface area contributed by atoms with E-state index in [9.17, 15) is 0 Å². The Bertz CT molecular complexity index is 3560. The molecule has 2 aliphatic carbocycles. The van der Waals surface area contributed by atoms with Crippen molar-refractivity contribution >= 4 is 45.1 Å². The smallest absolute Gasteiger partial charge is 0.135 e. The van der Waals surface area contributed by atoms with Gasteiger partial charge in [0, 0.05) is 45.1 Å². The van der Waals surface area contributed by atoms with E-state index in [0.29, 0.717) is 0 Å². The molecule has 0 radical (unpaired) electrons. The number of hydrogen-bond acceptors (Lipinski definition) is 3. The lowest BCUT2D eigenvalue weighted by molar-refractivity contribution is 0.507. The molecule has 66 heavy (non-hydrogen) atoms. The number of hydrogen-bond donors (Lipinski definition) is 0. The van der Waals surface area contributed by atoms with Gasteiger partial charge in [-0.3, -0.25) is 0 Å². The van der Waals surface area contributed by atoms with Gasteiger partial charge in [0.15, 0.2) is 0 Å². The molecule has 3 heteroatoms. The van der Waals surface area contributed by atoms with E-state index in [2.05, 4.69) is 265 Å². The third-order valence-electron chi connectivity index (χ3n) is 13.7. The normalized spacial score (nSPS) is 14.1. The zero-order valence-electron chi connectivity index (χ0n) is 36.1. The molecule has 11 aromatic rings. The summed E-state index contributed by atoms with van der Waals surface area (Å²) in [5.74, 6) is 0.969. The van der Waals surface area contributed by atoms with Crippen LogP contribution in [-0.4, -0.2) is 0 Å². The van der Waals surface area contributed by atoms with Crippen molar-refractivity contribution in [3.63, 3.8) is 0 Å². The molecule has 1 spiro atoms. The fourth-order valence-electron chi connectivity index (χ4n) is 10.8. The van der Waals surface area contributed by atoms with Crippen molar-refractivity contribution in [1.29, 1.82) is 0 Å². The van der Waals surface area contributed by atoms with Gasteiger partial charge in [-0.05, 0) is 134 Å². The number of rotatable bonds is 8. The molecule has 3 nitrogen and oxygen atoms in total. The van der Waals surface area contributed by atoms with Gasteiger partial charge in [0.2, 0.25) is 0 Å². The van der Waals surface area contributed by atoms with Crippen LogP contribution in [0.1, 0.15) is 22.5 Å². The van der Waals surface area contributed by atoms with Crippen LogP contribution in [0.2, 0.25) is 0 Å². The molecule has 0 N–H and O–H groups in total. The van der Waals surface area contributed by atoms with Crippen molar-refractivity contribution < 1.29 is 4.42 Å². The topological polar surface area (TPSA) is 19.6 Å². The van der Waals surface area contributed by atoms with Gasteiger partial charge in [-0.15, -0.1) is 0 Å². The number of para-hydroxylation sites is 3. The van der Waals surface area contributed by atoms with Crippen molar-refractivity contribution in [2.45, 2.75) is 5.41 Å². The van der Waals surface area contributed by atoms with Crippen LogP contribution in [0.25, 0.3) is 55.5 Å². The summed E-state index contributed by atoms with van der Waals surface area (Å²) >= 11 is 0. The van der Waals surface area contributed by atoms with Crippen molar-refractivity contribution in [2.24, 2.45) is 0 Å². The molecule has 0 fully saturated rings. The Morgan fingerprint density at radius 1 is 0.288 bits per heavy atom. The molecule has 1 atom stereocenters. The fraction of sp³-hybridized carbons (Fsp3) is 0.0159. The first-order valence-electron chi connectivity index (χ1n) is 22.7. The molecule has 0 saturated heterocycles. The summed E-state index contributed by atoms with van der Waals surface area (Å²) in [6, 6.07) is 92.1. The SMILES string of the molecule is c1ccc(-c2ccc(N(c3ccccc3)c3ccc4c(c3)C3(c5ccccc5-4)c4cc(N(c5ccccc5)c5ccc(-c6ccccc6)cc5)ccc4-c4c3oc3ccccc43)cc2)cc1. The van der Waals surface area contributed by atoms with Gasteiger partial charge in [-0.2, -0.15) is 0 Å². The highest BCUT2D eigenvalue weighted by Crippen LogP contribution is 2.65. The molecule has 310 valence electrons. The molecule has 2 aliphatic rings. The summed E-state index contributed by atoms with van der Waals surface area (Å²) < 4.78 is 7.27. The van der Waals surface area contributed by atoms with Crippen molar-refractivity contribution in [1.82, 2.24) is 0 Å². The predicted molar refractivity (Wildman–Crippen MR) is 273 cm³/mol. The quantitative estimate of drug-likeness (QED) is 0.152. The molecule has 10 aromatic carbocycles. The Morgan fingerprint density at radius 3 is 1.24 bits per heavy atom. The minimum absolute atomic E-state index is 0.749. The number of nitrogens with zero attached hydrogens (tertiary/aromatic N) is 2. The van der Waals surface area contributed by atoms with Crippen LogP contribution < -0.4 is 9.80 Å². The Morgan fingerprint density at radius 2 is 0.682 bits per heavy atom. The second kappa shape index (κ2) is 15.3. The zero-order chi connectivity index (χ0) is 43.6. The van der Waals surface area contributed by atoms with Gasteiger partial charge in [-0.1, -0.05) is 176 Å². The zero-order valence-corrected chi connectivity index (χ0v) is 36.1. The monoisotopic (exact) mass is 842 g/mol. The van der Waals surface area contributed by atoms with E-state index in [4.69, 9.17) is 4.42 Å². The van der Waals surface area contributed by atoms with Gasteiger partial charge in [-0.25, -0.2) is 0 Å². The Balaban J connectivity index is 1.04. The maximum atomic E-state index is 7.27. The molecular weight excluding hydrogens is 801 g/mol. The molecule has 0 aliphatic heterocycles. The summed E-state index contributed by atoms with van der Waals surface area (Å²) in [7, 11) is 0. The van der Waals surface area contributed by atoms with Crippen LogP contribution in [0, 0.1) is 0 Å². The number of furan rings is 1. The van der Waals surface area contributed by atoms with Gasteiger partial charge < -0.3 is 14.2 Å². The van der Waals surface area contributed by atoms with Crippen LogP contribution in [0.4, 0.5) is 34.1 Å². The van der Waals surface area contributed by atoms with Crippen molar-refractivity contribution in [2.75, 3.05) is 9.80 Å². The lowest BCUT2D eigenvalue weighted by Gasteiger charge is -2.32. The highest BCUT2D eigenvalue weighted by molar-refractivity contribution is 6.05. The van der Waals surface area contributed by atoms with E-state index in [0.717, 1.165) is 56.4 Å². The summed E-state index contributed by atoms with van der Waals surface area (Å²) in [4.78, 5) is 4.77. The van der Waals surface area contributed by atoms with Crippen LogP contribution >= 0.6 is 0 Å². The molecule has 1 unspecified atom stereocenters. The van der Waals surface area contributed by atoms with E-state index >= 15 is 0 Å². The third kappa shape index (κ3) is 5.84.